The van der Waals surface area contributed by atoms with Gasteiger partial charge in [0.15, 0.2) is 0 Å². The van der Waals surface area contributed by atoms with Gasteiger partial charge in [-0.05, 0) is 18.6 Å². The highest BCUT2D eigenvalue weighted by Crippen LogP contribution is 2.22. The molecule has 0 aliphatic carbocycles. The number of aromatic hydroxyl groups is 1. The molecule has 0 aromatic heterocycles. The smallest absolute Gasteiger partial charge is 0.321 e. The molecule has 0 spiro atoms. The maximum Gasteiger partial charge on any atom is 0.321 e. The molecule has 5 nitrogen and oxygen atoms in total. The number of nitriles is 1. The predicted octanol–water partition coefficient (Wildman–Crippen LogP) is 0.233. The first kappa shape index (κ1) is 10.9. The van der Waals surface area contributed by atoms with Gasteiger partial charge in [-0.3, -0.25) is 4.79 Å². The lowest BCUT2D eigenvalue weighted by Gasteiger charge is -2.14. The molecule has 0 aliphatic rings. The molecule has 0 amide bonds. The number of benzene rings is 1. The van der Waals surface area contributed by atoms with E-state index in [4.69, 9.17) is 15.5 Å². The molecular formula is C10H8NO4-. The third-order valence-corrected chi connectivity index (χ3v) is 1.93. The molecule has 0 bridgehead atoms. The zero-order valence-corrected chi connectivity index (χ0v) is 7.67. The lowest BCUT2D eigenvalue weighted by atomic mass is 10.00. The van der Waals surface area contributed by atoms with E-state index in [0.29, 0.717) is 0 Å². The standard InChI is InChI=1S/C10H9NO4/c11-5-7(10(14)15)3-6-1-2-8(12)4-9(6)13/h1-2,4,7,12-13H,3H2,(H,14,15)/p-1. The van der Waals surface area contributed by atoms with E-state index in [0.717, 1.165) is 6.07 Å². The minimum absolute atomic E-state index is 0.148. The molecule has 1 rings (SSSR count). The molecule has 15 heavy (non-hydrogen) atoms. The van der Waals surface area contributed by atoms with Crippen LogP contribution < -0.4 is 5.11 Å². The maximum absolute atomic E-state index is 11.3. The van der Waals surface area contributed by atoms with Crippen molar-refractivity contribution in [1.82, 2.24) is 0 Å². The number of rotatable bonds is 3. The Morgan fingerprint density at radius 2 is 2.27 bits per heavy atom. The number of aliphatic carboxylic acids is 1. The molecular weight excluding hydrogens is 198 g/mol. The summed E-state index contributed by atoms with van der Waals surface area (Å²) in [5.41, 5.74) is 0.210. The number of carbonyl (C=O) groups is 1. The molecule has 0 heterocycles. The summed E-state index contributed by atoms with van der Waals surface area (Å²) < 4.78 is 0. The van der Waals surface area contributed by atoms with Crippen molar-refractivity contribution in [2.24, 2.45) is 5.92 Å². The fourth-order valence-corrected chi connectivity index (χ4v) is 1.12. The monoisotopic (exact) mass is 206 g/mol. The fraction of sp³-hybridized carbons (Fsp3) is 0.200. The summed E-state index contributed by atoms with van der Waals surface area (Å²) >= 11 is 0. The highest BCUT2D eigenvalue weighted by atomic mass is 16.4. The molecule has 1 atom stereocenters. The van der Waals surface area contributed by atoms with Crippen molar-refractivity contribution in [2.75, 3.05) is 0 Å². The highest BCUT2D eigenvalue weighted by Gasteiger charge is 2.17. The second kappa shape index (κ2) is 4.33. The van der Waals surface area contributed by atoms with E-state index in [1.54, 1.807) is 6.07 Å². The van der Waals surface area contributed by atoms with Crippen molar-refractivity contribution in [3.63, 3.8) is 0 Å². The lowest BCUT2D eigenvalue weighted by Crippen LogP contribution is -2.15. The van der Waals surface area contributed by atoms with Crippen LogP contribution in [0, 0.1) is 17.2 Å². The summed E-state index contributed by atoms with van der Waals surface area (Å²) in [6.45, 7) is 0. The first-order valence-corrected chi connectivity index (χ1v) is 4.16. The molecule has 1 unspecified atom stereocenters. The molecule has 2 N–H and O–H groups in total. The summed E-state index contributed by atoms with van der Waals surface area (Å²) in [6.07, 6.45) is -0.148. The highest BCUT2D eigenvalue weighted by molar-refractivity contribution is 5.73. The van der Waals surface area contributed by atoms with Crippen molar-refractivity contribution in [2.45, 2.75) is 6.42 Å². The molecule has 0 radical (unpaired) electrons. The van der Waals surface area contributed by atoms with Crippen LogP contribution in [0.15, 0.2) is 18.2 Å². The molecule has 1 aromatic carbocycles. The van der Waals surface area contributed by atoms with E-state index in [1.165, 1.54) is 12.1 Å². The van der Waals surface area contributed by atoms with Crippen LogP contribution in [0.4, 0.5) is 0 Å². The Morgan fingerprint density at radius 1 is 1.60 bits per heavy atom. The fourth-order valence-electron chi connectivity index (χ4n) is 1.12. The van der Waals surface area contributed by atoms with Gasteiger partial charge in [0.2, 0.25) is 0 Å². The van der Waals surface area contributed by atoms with E-state index in [-0.39, 0.29) is 17.7 Å². The summed E-state index contributed by atoms with van der Waals surface area (Å²) in [4.78, 5) is 10.5. The molecule has 5 heteroatoms. The third kappa shape index (κ3) is 2.61. The Labute approximate surface area is 85.8 Å². The van der Waals surface area contributed by atoms with Crippen LogP contribution in [0.5, 0.6) is 11.5 Å². The first-order valence-electron chi connectivity index (χ1n) is 4.16. The minimum atomic E-state index is -1.26. The minimum Gasteiger partial charge on any atom is -0.872 e. The largest absolute Gasteiger partial charge is 0.872 e. The second-order valence-electron chi connectivity index (χ2n) is 3.02. The van der Waals surface area contributed by atoms with Gasteiger partial charge in [-0.2, -0.15) is 5.26 Å². The summed E-state index contributed by atoms with van der Waals surface area (Å²) in [6, 6.07) is 5.19. The van der Waals surface area contributed by atoms with Crippen LogP contribution >= 0.6 is 0 Å². The zero-order chi connectivity index (χ0) is 11.4. The zero-order valence-electron chi connectivity index (χ0n) is 7.67. The Balaban J connectivity index is 2.90. The van der Waals surface area contributed by atoms with Crippen molar-refractivity contribution < 1.29 is 20.1 Å². The molecule has 78 valence electrons. The summed E-state index contributed by atoms with van der Waals surface area (Å²) in [5, 5.41) is 37.3. The third-order valence-electron chi connectivity index (χ3n) is 1.93. The number of hydrogen-bond donors (Lipinski definition) is 2. The maximum atomic E-state index is 11.3. The van der Waals surface area contributed by atoms with Crippen molar-refractivity contribution >= 4 is 5.97 Å². The van der Waals surface area contributed by atoms with Gasteiger partial charge in [-0.25, -0.2) is 0 Å². The Bertz CT molecular complexity index is 422. The average Bonchev–Trinajstić information content (AvgIpc) is 2.16. The van der Waals surface area contributed by atoms with E-state index < -0.39 is 17.6 Å². The van der Waals surface area contributed by atoms with Gasteiger partial charge in [-0.1, -0.05) is 11.6 Å². The first-order chi connectivity index (χ1) is 7.04. The van der Waals surface area contributed by atoms with Gasteiger partial charge in [0.25, 0.3) is 0 Å². The van der Waals surface area contributed by atoms with Gasteiger partial charge in [0.05, 0.1) is 6.07 Å². The van der Waals surface area contributed by atoms with E-state index in [1.807, 2.05) is 0 Å². The Kier molecular flexibility index (Phi) is 3.13. The van der Waals surface area contributed by atoms with Gasteiger partial charge in [0.1, 0.15) is 11.7 Å². The van der Waals surface area contributed by atoms with E-state index >= 15 is 0 Å². The Hall–Kier alpha value is -2.22. The molecule has 1 aromatic rings. The van der Waals surface area contributed by atoms with Crippen molar-refractivity contribution in [3.05, 3.63) is 23.8 Å². The topological polar surface area (TPSA) is 104 Å². The van der Waals surface area contributed by atoms with Crippen molar-refractivity contribution in [1.29, 1.82) is 5.26 Å². The molecule has 0 saturated carbocycles. The molecule has 0 fully saturated rings. The van der Waals surface area contributed by atoms with Gasteiger partial charge in [0, 0.05) is 0 Å². The number of carboxylic acid groups (broad SMARTS) is 1. The van der Waals surface area contributed by atoms with Gasteiger partial charge < -0.3 is 15.3 Å². The number of hydrogen-bond acceptors (Lipinski definition) is 4. The SMILES string of the molecule is N#CC(Cc1ccc(O)cc1[O-])C(=O)O. The molecule has 0 saturated heterocycles. The predicted molar refractivity (Wildman–Crippen MR) is 48.0 cm³/mol. The second-order valence-corrected chi connectivity index (χ2v) is 3.02. The van der Waals surface area contributed by atoms with Gasteiger partial charge >= 0.3 is 5.97 Å². The number of phenolic OH excluding ortho intramolecular Hbond substituents is 1. The van der Waals surface area contributed by atoms with Crippen LogP contribution in [0.25, 0.3) is 0 Å². The van der Waals surface area contributed by atoms with Crippen LogP contribution in [0.2, 0.25) is 0 Å². The molecule has 0 aliphatic heterocycles. The van der Waals surface area contributed by atoms with Crippen LogP contribution in [0.1, 0.15) is 5.56 Å². The van der Waals surface area contributed by atoms with E-state index in [9.17, 15) is 9.90 Å². The van der Waals surface area contributed by atoms with Crippen molar-refractivity contribution in [3.8, 4) is 17.6 Å². The number of phenols is 1. The van der Waals surface area contributed by atoms with E-state index in [2.05, 4.69) is 0 Å². The summed E-state index contributed by atoms with van der Waals surface area (Å²) in [7, 11) is 0. The lowest BCUT2D eigenvalue weighted by molar-refractivity contribution is -0.269. The quantitative estimate of drug-likeness (QED) is 0.736. The Morgan fingerprint density at radius 3 is 2.73 bits per heavy atom. The normalized spacial score (nSPS) is 11.7. The average molecular weight is 206 g/mol. The number of carboxylic acids is 1. The van der Waals surface area contributed by atoms with Crippen LogP contribution in [-0.4, -0.2) is 16.2 Å². The van der Waals surface area contributed by atoms with Crippen LogP contribution in [-0.2, 0) is 11.2 Å². The van der Waals surface area contributed by atoms with Crippen LogP contribution in [0.3, 0.4) is 0 Å². The van der Waals surface area contributed by atoms with Gasteiger partial charge in [-0.15, -0.1) is 5.75 Å². The summed E-state index contributed by atoms with van der Waals surface area (Å²) in [5.74, 6) is -3.13. The number of nitrogens with zero attached hydrogens (tertiary/aromatic N) is 1.